The van der Waals surface area contributed by atoms with Gasteiger partial charge in [-0.05, 0) is 12.5 Å². The predicted molar refractivity (Wildman–Crippen MR) is 54.2 cm³/mol. The van der Waals surface area contributed by atoms with Crippen LogP contribution in [0, 0.1) is 0 Å². The molecule has 3 heteroatoms. The van der Waals surface area contributed by atoms with Crippen LogP contribution in [0.25, 0.3) is 6.08 Å². The van der Waals surface area contributed by atoms with Crippen LogP contribution in [0.15, 0.2) is 24.3 Å². The third-order valence-electron chi connectivity index (χ3n) is 1.82. The average Bonchev–Trinajstić information content (AvgIpc) is 2.20. The molecule has 14 heavy (non-hydrogen) atoms. The highest BCUT2D eigenvalue weighted by atomic mass is 16.3. The van der Waals surface area contributed by atoms with E-state index in [9.17, 15) is 9.90 Å². The summed E-state index contributed by atoms with van der Waals surface area (Å²) < 4.78 is 0. The molecular formula is C11H12O3. The number of phenolic OH excluding ortho intramolecular Hbond substituents is 1. The lowest BCUT2D eigenvalue weighted by atomic mass is 10.1. The molecule has 0 fully saturated rings. The van der Waals surface area contributed by atoms with Crippen LogP contribution in [0.4, 0.5) is 0 Å². The van der Waals surface area contributed by atoms with Crippen LogP contribution in [0.3, 0.4) is 0 Å². The molecular weight excluding hydrogens is 180 g/mol. The van der Waals surface area contributed by atoms with Crippen LogP contribution in [0.5, 0.6) is 5.75 Å². The molecule has 0 spiro atoms. The minimum absolute atomic E-state index is 0.0561. The second kappa shape index (κ2) is 5.19. The summed E-state index contributed by atoms with van der Waals surface area (Å²) in [5, 5.41) is 18.0. The van der Waals surface area contributed by atoms with Crippen LogP contribution in [-0.2, 0) is 0 Å². The van der Waals surface area contributed by atoms with Crippen LogP contribution in [0.1, 0.15) is 22.3 Å². The molecule has 0 heterocycles. The molecule has 1 aromatic rings. The molecule has 0 atom stereocenters. The van der Waals surface area contributed by atoms with Gasteiger partial charge in [0.2, 0.25) is 0 Å². The van der Waals surface area contributed by atoms with Crippen molar-refractivity contribution in [3.8, 4) is 5.75 Å². The van der Waals surface area contributed by atoms with Gasteiger partial charge in [-0.2, -0.15) is 0 Å². The number of aliphatic hydroxyl groups excluding tert-OH is 1. The average molecular weight is 192 g/mol. The number of aldehydes is 1. The van der Waals surface area contributed by atoms with Crippen molar-refractivity contribution in [3.05, 3.63) is 35.4 Å². The fourth-order valence-corrected chi connectivity index (χ4v) is 1.13. The molecule has 0 amide bonds. The number of rotatable bonds is 4. The molecule has 0 saturated carbocycles. The van der Waals surface area contributed by atoms with Gasteiger partial charge in [-0.25, -0.2) is 0 Å². The van der Waals surface area contributed by atoms with Crippen LogP contribution < -0.4 is 0 Å². The van der Waals surface area contributed by atoms with Gasteiger partial charge < -0.3 is 10.2 Å². The summed E-state index contributed by atoms with van der Waals surface area (Å²) in [6.07, 6.45) is 4.54. The van der Waals surface area contributed by atoms with E-state index in [-0.39, 0.29) is 12.4 Å². The maximum Gasteiger partial charge on any atom is 0.150 e. The number of aliphatic hydroxyl groups is 1. The quantitative estimate of drug-likeness (QED) is 0.712. The zero-order valence-electron chi connectivity index (χ0n) is 7.68. The lowest BCUT2D eigenvalue weighted by molar-refractivity contribution is 0.112. The van der Waals surface area contributed by atoms with Gasteiger partial charge in [0.25, 0.3) is 0 Å². The third kappa shape index (κ3) is 2.44. The maximum absolute atomic E-state index is 10.6. The minimum Gasteiger partial charge on any atom is -0.507 e. The van der Waals surface area contributed by atoms with Gasteiger partial charge in [-0.15, -0.1) is 0 Å². The first-order valence-electron chi connectivity index (χ1n) is 4.34. The Bertz CT molecular complexity index is 342. The maximum atomic E-state index is 10.6. The van der Waals surface area contributed by atoms with E-state index in [1.807, 2.05) is 0 Å². The lowest BCUT2D eigenvalue weighted by Gasteiger charge is -2.01. The summed E-state index contributed by atoms with van der Waals surface area (Å²) in [5.74, 6) is 0.0730. The van der Waals surface area contributed by atoms with Crippen molar-refractivity contribution >= 4 is 12.4 Å². The number of hydrogen-bond acceptors (Lipinski definition) is 3. The summed E-state index contributed by atoms with van der Waals surface area (Å²) in [4.78, 5) is 10.6. The summed E-state index contributed by atoms with van der Waals surface area (Å²) in [6, 6.07) is 4.76. The van der Waals surface area contributed by atoms with Crippen LogP contribution in [-0.4, -0.2) is 23.1 Å². The zero-order chi connectivity index (χ0) is 10.4. The summed E-state index contributed by atoms with van der Waals surface area (Å²) in [6.45, 7) is 0.0561. The Morgan fingerprint density at radius 1 is 1.36 bits per heavy atom. The molecule has 3 nitrogen and oxygen atoms in total. The first-order valence-corrected chi connectivity index (χ1v) is 4.34. The smallest absolute Gasteiger partial charge is 0.150 e. The standard InChI is InChI=1S/C11H12O3/c12-7-2-1-5-10-9(8-13)4-3-6-11(10)14/h1,3-6,8,12,14H,2,7H2. The summed E-state index contributed by atoms with van der Waals surface area (Å²) in [5.41, 5.74) is 0.940. The molecule has 74 valence electrons. The van der Waals surface area contributed by atoms with Crippen molar-refractivity contribution in [2.24, 2.45) is 0 Å². The normalized spacial score (nSPS) is 10.6. The Kier molecular flexibility index (Phi) is 3.88. The second-order valence-corrected chi connectivity index (χ2v) is 2.81. The lowest BCUT2D eigenvalue weighted by Crippen LogP contribution is -1.86. The highest BCUT2D eigenvalue weighted by Gasteiger charge is 2.02. The summed E-state index contributed by atoms with van der Waals surface area (Å²) >= 11 is 0. The van der Waals surface area contributed by atoms with Gasteiger partial charge in [0.05, 0.1) is 0 Å². The van der Waals surface area contributed by atoms with Crippen LogP contribution >= 0.6 is 0 Å². The molecule has 1 aromatic carbocycles. The van der Waals surface area contributed by atoms with Crippen molar-refractivity contribution in [1.29, 1.82) is 0 Å². The van der Waals surface area contributed by atoms with Gasteiger partial charge in [-0.1, -0.05) is 24.3 Å². The van der Waals surface area contributed by atoms with Crippen molar-refractivity contribution < 1.29 is 15.0 Å². The fraction of sp³-hybridized carbons (Fsp3) is 0.182. The van der Waals surface area contributed by atoms with E-state index in [0.29, 0.717) is 23.8 Å². The molecule has 0 aliphatic rings. The predicted octanol–water partition coefficient (Wildman–Crippen LogP) is 1.60. The molecule has 0 radical (unpaired) electrons. The van der Waals surface area contributed by atoms with Crippen molar-refractivity contribution in [3.63, 3.8) is 0 Å². The Labute approximate surface area is 82.3 Å². The van der Waals surface area contributed by atoms with E-state index in [0.717, 1.165) is 0 Å². The van der Waals surface area contributed by atoms with E-state index in [1.54, 1.807) is 24.3 Å². The van der Waals surface area contributed by atoms with Gasteiger partial charge in [0.15, 0.2) is 6.29 Å². The number of hydrogen-bond donors (Lipinski definition) is 2. The van der Waals surface area contributed by atoms with E-state index in [4.69, 9.17) is 5.11 Å². The van der Waals surface area contributed by atoms with Crippen molar-refractivity contribution in [1.82, 2.24) is 0 Å². The molecule has 2 N–H and O–H groups in total. The fourth-order valence-electron chi connectivity index (χ4n) is 1.13. The largest absolute Gasteiger partial charge is 0.507 e. The van der Waals surface area contributed by atoms with Crippen LogP contribution in [0.2, 0.25) is 0 Å². The molecule has 0 aliphatic heterocycles. The van der Waals surface area contributed by atoms with Crippen molar-refractivity contribution in [2.45, 2.75) is 6.42 Å². The monoisotopic (exact) mass is 192 g/mol. The number of carbonyl (C=O) groups excluding carboxylic acids is 1. The van der Waals surface area contributed by atoms with Crippen molar-refractivity contribution in [2.75, 3.05) is 6.61 Å². The Balaban J connectivity index is 2.98. The Hall–Kier alpha value is -1.61. The number of benzene rings is 1. The number of phenols is 1. The molecule has 0 aliphatic carbocycles. The topological polar surface area (TPSA) is 57.5 Å². The molecule has 0 aromatic heterocycles. The van der Waals surface area contributed by atoms with Gasteiger partial charge in [0, 0.05) is 17.7 Å². The van der Waals surface area contributed by atoms with E-state index in [1.165, 1.54) is 6.07 Å². The van der Waals surface area contributed by atoms with Gasteiger partial charge in [-0.3, -0.25) is 4.79 Å². The third-order valence-corrected chi connectivity index (χ3v) is 1.82. The highest BCUT2D eigenvalue weighted by molar-refractivity contribution is 5.83. The Morgan fingerprint density at radius 2 is 2.14 bits per heavy atom. The first-order chi connectivity index (χ1) is 6.79. The van der Waals surface area contributed by atoms with Gasteiger partial charge in [0.1, 0.15) is 5.75 Å². The van der Waals surface area contributed by atoms with E-state index < -0.39 is 0 Å². The van der Waals surface area contributed by atoms with Gasteiger partial charge >= 0.3 is 0 Å². The highest BCUT2D eigenvalue weighted by Crippen LogP contribution is 2.21. The van der Waals surface area contributed by atoms with E-state index >= 15 is 0 Å². The van der Waals surface area contributed by atoms with E-state index in [2.05, 4.69) is 0 Å². The Morgan fingerprint density at radius 3 is 2.79 bits per heavy atom. The number of aromatic hydroxyl groups is 1. The SMILES string of the molecule is O=Cc1cccc(O)c1C=CCCO. The molecule has 0 unspecified atom stereocenters. The second-order valence-electron chi connectivity index (χ2n) is 2.81. The zero-order valence-corrected chi connectivity index (χ0v) is 7.68. The molecule has 0 saturated heterocycles. The number of carbonyl (C=O) groups is 1. The first kappa shape index (κ1) is 10.5. The summed E-state index contributed by atoms with van der Waals surface area (Å²) in [7, 11) is 0. The molecule has 0 bridgehead atoms. The molecule has 1 rings (SSSR count). The minimum atomic E-state index is 0.0561.